The zero-order chi connectivity index (χ0) is 13.6. The van der Waals surface area contributed by atoms with Gasteiger partial charge in [-0.15, -0.1) is 0 Å². The Bertz CT molecular complexity index is 538. The molecular weight excluding hydrogens is 252 g/mol. The second-order valence-electron chi connectivity index (χ2n) is 4.99. The highest BCUT2D eigenvalue weighted by molar-refractivity contribution is 5.46. The summed E-state index contributed by atoms with van der Waals surface area (Å²) in [6.45, 7) is 2.22. The van der Waals surface area contributed by atoms with E-state index in [0.717, 1.165) is 31.0 Å². The summed E-state index contributed by atoms with van der Waals surface area (Å²) in [4.78, 5) is 16.8. The lowest BCUT2D eigenvalue weighted by Gasteiger charge is -2.22. The van der Waals surface area contributed by atoms with Crippen LogP contribution < -0.4 is 10.6 Å². The van der Waals surface area contributed by atoms with E-state index in [9.17, 15) is 0 Å². The van der Waals surface area contributed by atoms with E-state index in [1.165, 1.54) is 12.8 Å². The molecular formula is C14H18N6. The number of aromatic nitrogens is 4. The molecule has 1 aliphatic rings. The molecule has 0 saturated carbocycles. The first kappa shape index (κ1) is 12.9. The first-order valence-corrected chi connectivity index (χ1v) is 6.96. The molecule has 2 N–H and O–H groups in total. The molecule has 0 spiro atoms. The Morgan fingerprint density at radius 3 is 2.70 bits per heavy atom. The minimum Gasteiger partial charge on any atom is -0.317 e. The molecule has 6 nitrogen and oxygen atoms in total. The molecule has 0 atom stereocenters. The maximum atomic E-state index is 4.36. The Kier molecular flexibility index (Phi) is 4.13. The van der Waals surface area contributed by atoms with Crippen LogP contribution in [-0.4, -0.2) is 33.0 Å². The van der Waals surface area contributed by atoms with Gasteiger partial charge in [0.1, 0.15) is 12.1 Å². The number of rotatable bonds is 4. The maximum absolute atomic E-state index is 4.36. The van der Waals surface area contributed by atoms with Crippen LogP contribution >= 0.6 is 0 Å². The standard InChI is InChI=1S/C14H18N6/c1-4-16-14(17-5-1)20-13-9-12(18-10-19-13)8-11-2-6-15-7-3-11/h1,4-5,9-11,15H,2-3,6-8H2,(H,16,17,18,19,20). The Morgan fingerprint density at radius 1 is 1.10 bits per heavy atom. The fraction of sp³-hybridized carbons (Fsp3) is 0.429. The van der Waals surface area contributed by atoms with Crippen LogP contribution in [0.4, 0.5) is 11.8 Å². The summed E-state index contributed by atoms with van der Waals surface area (Å²) in [6, 6.07) is 3.77. The van der Waals surface area contributed by atoms with Gasteiger partial charge in [-0.3, -0.25) is 0 Å². The molecule has 20 heavy (non-hydrogen) atoms. The van der Waals surface area contributed by atoms with Crippen molar-refractivity contribution in [2.45, 2.75) is 19.3 Å². The summed E-state index contributed by atoms with van der Waals surface area (Å²) in [7, 11) is 0. The fourth-order valence-corrected chi connectivity index (χ4v) is 2.44. The van der Waals surface area contributed by atoms with Crippen molar-refractivity contribution in [2.24, 2.45) is 5.92 Å². The van der Waals surface area contributed by atoms with Gasteiger partial charge in [-0.05, 0) is 44.3 Å². The Hall–Kier alpha value is -2.08. The first-order valence-electron chi connectivity index (χ1n) is 6.96. The molecule has 2 aromatic heterocycles. The van der Waals surface area contributed by atoms with Gasteiger partial charge in [-0.1, -0.05) is 0 Å². The predicted molar refractivity (Wildman–Crippen MR) is 76.6 cm³/mol. The van der Waals surface area contributed by atoms with E-state index in [4.69, 9.17) is 0 Å². The van der Waals surface area contributed by atoms with Crippen molar-refractivity contribution in [3.05, 3.63) is 36.5 Å². The summed E-state index contributed by atoms with van der Waals surface area (Å²) < 4.78 is 0. The van der Waals surface area contributed by atoms with Gasteiger partial charge in [0.2, 0.25) is 5.95 Å². The molecule has 1 saturated heterocycles. The number of hydrogen-bond acceptors (Lipinski definition) is 6. The predicted octanol–water partition coefficient (Wildman–Crippen LogP) is 1.55. The van der Waals surface area contributed by atoms with Gasteiger partial charge in [0.05, 0.1) is 0 Å². The van der Waals surface area contributed by atoms with Crippen LogP contribution in [-0.2, 0) is 6.42 Å². The van der Waals surface area contributed by atoms with Crippen molar-refractivity contribution in [3.8, 4) is 0 Å². The molecule has 1 fully saturated rings. The van der Waals surface area contributed by atoms with Gasteiger partial charge in [0.15, 0.2) is 0 Å². The summed E-state index contributed by atoms with van der Waals surface area (Å²) in [6.07, 6.45) is 8.44. The molecule has 0 aromatic carbocycles. The molecule has 0 aliphatic carbocycles. The van der Waals surface area contributed by atoms with Crippen molar-refractivity contribution in [1.29, 1.82) is 0 Å². The number of piperidine rings is 1. The fourth-order valence-electron chi connectivity index (χ4n) is 2.44. The van der Waals surface area contributed by atoms with Gasteiger partial charge in [-0.25, -0.2) is 19.9 Å². The number of nitrogens with one attached hydrogen (secondary N) is 2. The van der Waals surface area contributed by atoms with Gasteiger partial charge >= 0.3 is 0 Å². The SMILES string of the molecule is c1cnc(Nc2cc(CC3CCNCC3)ncn2)nc1. The second kappa shape index (κ2) is 6.38. The molecule has 2 aromatic rings. The summed E-state index contributed by atoms with van der Waals surface area (Å²) in [5, 5.41) is 6.48. The van der Waals surface area contributed by atoms with E-state index < -0.39 is 0 Å². The van der Waals surface area contributed by atoms with Crippen LogP contribution in [0.5, 0.6) is 0 Å². The number of hydrogen-bond donors (Lipinski definition) is 2. The van der Waals surface area contributed by atoms with Gasteiger partial charge in [-0.2, -0.15) is 0 Å². The minimum absolute atomic E-state index is 0.555. The van der Waals surface area contributed by atoms with Crippen LogP contribution in [0.25, 0.3) is 0 Å². The van der Waals surface area contributed by atoms with Crippen LogP contribution in [0.2, 0.25) is 0 Å². The van der Waals surface area contributed by atoms with Crippen molar-refractivity contribution in [3.63, 3.8) is 0 Å². The molecule has 0 amide bonds. The lowest BCUT2D eigenvalue weighted by Crippen LogP contribution is -2.28. The van der Waals surface area contributed by atoms with Crippen LogP contribution in [0.15, 0.2) is 30.9 Å². The zero-order valence-electron chi connectivity index (χ0n) is 11.3. The topological polar surface area (TPSA) is 75.6 Å². The smallest absolute Gasteiger partial charge is 0.228 e. The maximum Gasteiger partial charge on any atom is 0.228 e. The van der Waals surface area contributed by atoms with E-state index in [1.54, 1.807) is 24.8 Å². The molecule has 1 aliphatic heterocycles. The molecule has 104 valence electrons. The second-order valence-corrected chi connectivity index (χ2v) is 4.99. The lowest BCUT2D eigenvalue weighted by molar-refractivity contribution is 0.370. The molecule has 3 heterocycles. The summed E-state index contributed by atoms with van der Waals surface area (Å²) in [5.74, 6) is 2.01. The van der Waals surface area contributed by atoms with Gasteiger partial charge in [0.25, 0.3) is 0 Å². The molecule has 0 unspecified atom stereocenters. The molecule has 6 heteroatoms. The third kappa shape index (κ3) is 3.48. The first-order chi connectivity index (χ1) is 9.90. The average Bonchev–Trinajstić information content (AvgIpc) is 2.50. The molecule has 0 bridgehead atoms. The monoisotopic (exact) mass is 270 g/mol. The third-order valence-electron chi connectivity index (χ3n) is 3.49. The van der Waals surface area contributed by atoms with E-state index in [2.05, 4.69) is 30.6 Å². The Labute approximate surface area is 118 Å². The van der Waals surface area contributed by atoms with Crippen molar-refractivity contribution >= 4 is 11.8 Å². The highest BCUT2D eigenvalue weighted by Crippen LogP contribution is 2.18. The highest BCUT2D eigenvalue weighted by Gasteiger charge is 2.14. The minimum atomic E-state index is 0.555. The van der Waals surface area contributed by atoms with E-state index in [-0.39, 0.29) is 0 Å². The van der Waals surface area contributed by atoms with Crippen LogP contribution in [0.3, 0.4) is 0 Å². The van der Waals surface area contributed by atoms with Crippen molar-refractivity contribution in [2.75, 3.05) is 18.4 Å². The number of nitrogens with zero attached hydrogens (tertiary/aromatic N) is 4. The van der Waals surface area contributed by atoms with Crippen molar-refractivity contribution in [1.82, 2.24) is 25.3 Å². The average molecular weight is 270 g/mol. The highest BCUT2D eigenvalue weighted by atomic mass is 15.1. The van der Waals surface area contributed by atoms with E-state index in [1.807, 2.05) is 6.07 Å². The van der Waals surface area contributed by atoms with E-state index >= 15 is 0 Å². The zero-order valence-corrected chi connectivity index (χ0v) is 11.3. The molecule has 0 radical (unpaired) electrons. The lowest BCUT2D eigenvalue weighted by atomic mass is 9.93. The quantitative estimate of drug-likeness (QED) is 0.878. The Balaban J connectivity index is 1.66. The van der Waals surface area contributed by atoms with Crippen LogP contribution in [0, 0.1) is 5.92 Å². The van der Waals surface area contributed by atoms with Crippen molar-refractivity contribution < 1.29 is 0 Å². The van der Waals surface area contributed by atoms with Crippen LogP contribution in [0.1, 0.15) is 18.5 Å². The normalized spacial score (nSPS) is 16.0. The summed E-state index contributed by atoms with van der Waals surface area (Å²) in [5.41, 5.74) is 1.07. The molecule has 3 rings (SSSR count). The Morgan fingerprint density at radius 2 is 1.90 bits per heavy atom. The van der Waals surface area contributed by atoms with Gasteiger partial charge in [0, 0.05) is 24.2 Å². The third-order valence-corrected chi connectivity index (χ3v) is 3.49. The van der Waals surface area contributed by atoms with Gasteiger partial charge < -0.3 is 10.6 Å². The summed E-state index contributed by atoms with van der Waals surface area (Å²) >= 11 is 0. The van der Waals surface area contributed by atoms with E-state index in [0.29, 0.717) is 11.9 Å². The number of anilines is 2. The largest absolute Gasteiger partial charge is 0.317 e.